The maximum Gasteiger partial charge on any atom is 0.238 e. The zero-order valence-electron chi connectivity index (χ0n) is 11.9. The minimum atomic E-state index is -3.70. The number of nitrogens with two attached hydrogens (primary N) is 1. The third-order valence-electron chi connectivity index (χ3n) is 3.02. The Morgan fingerprint density at radius 2 is 1.65 bits per heavy atom. The Kier molecular flexibility index (Phi) is 4.00. The highest BCUT2D eigenvalue weighted by Crippen LogP contribution is 2.18. The first-order valence-electron chi connectivity index (χ1n) is 6.67. The summed E-state index contributed by atoms with van der Waals surface area (Å²) >= 11 is 0. The van der Waals surface area contributed by atoms with E-state index in [2.05, 4.69) is 20.3 Å². The lowest BCUT2D eigenvalue weighted by Gasteiger charge is -2.07. The summed E-state index contributed by atoms with van der Waals surface area (Å²) in [7, 11) is -3.70. The Bertz CT molecular complexity index is 912. The van der Waals surface area contributed by atoms with Gasteiger partial charge in [-0.3, -0.25) is 4.98 Å². The standard InChI is InChI=1S/C15H13N5O2S/c16-23(21,22)12-6-4-11(5-7-12)19-15-18-10-8-14(20-15)13-3-1-2-9-17-13/h1-10H,(H2,16,21,22)(H,18,19,20). The molecule has 0 spiro atoms. The first-order chi connectivity index (χ1) is 11.0. The third-order valence-corrected chi connectivity index (χ3v) is 3.95. The molecule has 0 aliphatic carbocycles. The number of sulfonamides is 1. The smallest absolute Gasteiger partial charge is 0.238 e. The van der Waals surface area contributed by atoms with Crippen molar-refractivity contribution in [2.24, 2.45) is 5.14 Å². The van der Waals surface area contributed by atoms with Gasteiger partial charge in [0.2, 0.25) is 16.0 Å². The summed E-state index contributed by atoms with van der Waals surface area (Å²) in [6, 6.07) is 13.3. The van der Waals surface area contributed by atoms with Gasteiger partial charge in [0.25, 0.3) is 0 Å². The van der Waals surface area contributed by atoms with Crippen LogP contribution in [0.5, 0.6) is 0 Å². The average Bonchev–Trinajstić information content (AvgIpc) is 2.56. The summed E-state index contributed by atoms with van der Waals surface area (Å²) < 4.78 is 22.5. The molecular formula is C15H13N5O2S. The molecule has 0 amide bonds. The molecule has 0 atom stereocenters. The second kappa shape index (κ2) is 6.11. The van der Waals surface area contributed by atoms with Crippen LogP contribution in [0.2, 0.25) is 0 Å². The molecule has 7 nitrogen and oxygen atoms in total. The molecule has 116 valence electrons. The molecule has 0 fully saturated rings. The largest absolute Gasteiger partial charge is 0.324 e. The van der Waals surface area contributed by atoms with E-state index < -0.39 is 10.0 Å². The molecule has 3 aromatic rings. The molecule has 8 heteroatoms. The minimum absolute atomic E-state index is 0.0474. The maximum atomic E-state index is 11.2. The van der Waals surface area contributed by atoms with E-state index in [0.29, 0.717) is 17.3 Å². The predicted molar refractivity (Wildman–Crippen MR) is 86.4 cm³/mol. The second-order valence-corrected chi connectivity index (χ2v) is 6.24. The van der Waals surface area contributed by atoms with E-state index in [9.17, 15) is 8.42 Å². The van der Waals surface area contributed by atoms with E-state index in [4.69, 9.17) is 5.14 Å². The van der Waals surface area contributed by atoms with Crippen LogP contribution in [0.25, 0.3) is 11.4 Å². The number of hydrogen-bond acceptors (Lipinski definition) is 6. The summed E-state index contributed by atoms with van der Waals surface area (Å²) in [4.78, 5) is 12.8. The van der Waals surface area contributed by atoms with Gasteiger partial charge >= 0.3 is 0 Å². The summed E-state index contributed by atoms with van der Waals surface area (Å²) in [5, 5.41) is 8.07. The van der Waals surface area contributed by atoms with E-state index in [0.717, 1.165) is 5.69 Å². The molecule has 1 aromatic carbocycles. The number of nitrogens with one attached hydrogen (secondary N) is 1. The fourth-order valence-corrected chi connectivity index (χ4v) is 2.45. The van der Waals surface area contributed by atoms with Crippen LogP contribution in [0.1, 0.15) is 0 Å². The quantitative estimate of drug-likeness (QED) is 0.757. The number of primary sulfonamides is 1. The van der Waals surface area contributed by atoms with Crippen LogP contribution in [-0.2, 0) is 10.0 Å². The molecule has 0 bridgehead atoms. The second-order valence-electron chi connectivity index (χ2n) is 4.67. The van der Waals surface area contributed by atoms with Crippen LogP contribution in [0.3, 0.4) is 0 Å². The summed E-state index contributed by atoms with van der Waals surface area (Å²) in [5.74, 6) is 0.386. The van der Waals surface area contributed by atoms with Crippen molar-refractivity contribution < 1.29 is 8.42 Å². The lowest BCUT2D eigenvalue weighted by molar-refractivity contribution is 0.598. The van der Waals surface area contributed by atoms with Crippen LogP contribution in [0, 0.1) is 0 Å². The Morgan fingerprint density at radius 1 is 0.870 bits per heavy atom. The fourth-order valence-electron chi connectivity index (χ4n) is 1.93. The molecule has 2 heterocycles. The molecular weight excluding hydrogens is 314 g/mol. The number of pyridine rings is 1. The molecule has 0 unspecified atom stereocenters. The summed E-state index contributed by atoms with van der Waals surface area (Å²) in [6.45, 7) is 0. The van der Waals surface area contributed by atoms with E-state index in [1.165, 1.54) is 12.1 Å². The predicted octanol–water partition coefficient (Wildman–Crippen LogP) is 1.93. The molecule has 0 aliphatic heterocycles. The van der Waals surface area contributed by atoms with Gasteiger partial charge < -0.3 is 5.32 Å². The Morgan fingerprint density at radius 3 is 2.30 bits per heavy atom. The van der Waals surface area contributed by atoms with Gasteiger partial charge in [-0.2, -0.15) is 0 Å². The first-order valence-corrected chi connectivity index (χ1v) is 8.21. The van der Waals surface area contributed by atoms with E-state index >= 15 is 0 Å². The van der Waals surface area contributed by atoms with Crippen LogP contribution >= 0.6 is 0 Å². The number of benzene rings is 1. The minimum Gasteiger partial charge on any atom is -0.324 e. The van der Waals surface area contributed by atoms with E-state index in [1.807, 2.05) is 18.2 Å². The number of aromatic nitrogens is 3. The number of rotatable bonds is 4. The Hall–Kier alpha value is -2.84. The highest BCUT2D eigenvalue weighted by molar-refractivity contribution is 7.89. The van der Waals surface area contributed by atoms with Gasteiger partial charge in [0.05, 0.1) is 16.3 Å². The van der Waals surface area contributed by atoms with E-state index in [1.54, 1.807) is 30.6 Å². The average molecular weight is 327 g/mol. The van der Waals surface area contributed by atoms with Crippen LogP contribution in [0.4, 0.5) is 11.6 Å². The normalized spacial score (nSPS) is 11.2. The molecule has 3 rings (SSSR count). The van der Waals surface area contributed by atoms with E-state index in [-0.39, 0.29) is 4.90 Å². The van der Waals surface area contributed by atoms with Crippen molar-refractivity contribution >= 4 is 21.7 Å². The molecule has 23 heavy (non-hydrogen) atoms. The number of nitrogens with zero attached hydrogens (tertiary/aromatic N) is 3. The summed E-state index contributed by atoms with van der Waals surface area (Å²) in [5.41, 5.74) is 2.07. The molecule has 0 saturated carbocycles. The van der Waals surface area contributed by atoms with Crippen molar-refractivity contribution in [3.8, 4) is 11.4 Å². The zero-order valence-corrected chi connectivity index (χ0v) is 12.7. The zero-order chi connectivity index (χ0) is 16.3. The van der Waals surface area contributed by atoms with Gasteiger partial charge in [0.15, 0.2) is 0 Å². The molecule has 0 aliphatic rings. The maximum absolute atomic E-state index is 11.2. The highest BCUT2D eigenvalue weighted by Gasteiger charge is 2.07. The van der Waals surface area contributed by atoms with Crippen molar-refractivity contribution in [2.45, 2.75) is 4.90 Å². The van der Waals surface area contributed by atoms with Gasteiger partial charge in [-0.25, -0.2) is 23.5 Å². The molecule has 0 saturated heterocycles. The highest BCUT2D eigenvalue weighted by atomic mass is 32.2. The monoisotopic (exact) mass is 327 g/mol. The van der Waals surface area contributed by atoms with Gasteiger partial charge in [-0.15, -0.1) is 0 Å². The third kappa shape index (κ3) is 3.68. The SMILES string of the molecule is NS(=O)(=O)c1ccc(Nc2nccc(-c3ccccn3)n2)cc1. The number of anilines is 2. The van der Waals surface area contributed by atoms with Crippen molar-refractivity contribution in [2.75, 3.05) is 5.32 Å². The van der Waals surface area contributed by atoms with Crippen LogP contribution in [0.15, 0.2) is 65.8 Å². The number of hydrogen-bond donors (Lipinski definition) is 2. The molecule has 3 N–H and O–H groups in total. The van der Waals surface area contributed by atoms with Crippen molar-refractivity contribution in [1.82, 2.24) is 15.0 Å². The summed E-state index contributed by atoms with van der Waals surface area (Å²) in [6.07, 6.45) is 3.31. The van der Waals surface area contributed by atoms with Gasteiger partial charge in [-0.1, -0.05) is 6.07 Å². The first kappa shape index (κ1) is 15.1. The van der Waals surface area contributed by atoms with Crippen molar-refractivity contribution in [3.63, 3.8) is 0 Å². The lowest BCUT2D eigenvalue weighted by Crippen LogP contribution is -2.11. The van der Waals surface area contributed by atoms with Gasteiger partial charge in [-0.05, 0) is 42.5 Å². The Labute approximate surface area is 133 Å². The van der Waals surface area contributed by atoms with Crippen LogP contribution < -0.4 is 10.5 Å². The van der Waals surface area contributed by atoms with Gasteiger partial charge in [0.1, 0.15) is 0 Å². The topological polar surface area (TPSA) is 111 Å². The lowest BCUT2D eigenvalue weighted by atomic mass is 10.2. The fraction of sp³-hybridized carbons (Fsp3) is 0. The Balaban J connectivity index is 1.84. The van der Waals surface area contributed by atoms with Crippen molar-refractivity contribution in [3.05, 3.63) is 60.9 Å². The van der Waals surface area contributed by atoms with Crippen molar-refractivity contribution in [1.29, 1.82) is 0 Å². The van der Waals surface area contributed by atoms with Crippen LogP contribution in [-0.4, -0.2) is 23.4 Å². The molecule has 0 radical (unpaired) electrons. The molecule has 2 aromatic heterocycles. The van der Waals surface area contributed by atoms with Gasteiger partial charge in [0, 0.05) is 18.1 Å².